The lowest BCUT2D eigenvalue weighted by Gasteiger charge is -2.08. The summed E-state index contributed by atoms with van der Waals surface area (Å²) in [5, 5.41) is 5.81. The van der Waals surface area contributed by atoms with Crippen molar-refractivity contribution in [2.75, 3.05) is 18.5 Å². The molecule has 0 atom stereocenters. The Morgan fingerprint density at radius 3 is 2.59 bits per heavy atom. The van der Waals surface area contributed by atoms with Gasteiger partial charge < -0.3 is 14.6 Å². The zero-order valence-electron chi connectivity index (χ0n) is 14.6. The van der Waals surface area contributed by atoms with Crippen LogP contribution in [0.1, 0.15) is 17.9 Å². The number of para-hydroxylation sites is 1. The van der Waals surface area contributed by atoms with Crippen molar-refractivity contribution in [1.82, 2.24) is 9.88 Å². The monoisotopic (exact) mass is 399 g/mol. The van der Waals surface area contributed by atoms with Crippen LogP contribution in [0.3, 0.4) is 0 Å². The molecule has 1 heterocycles. The minimum absolute atomic E-state index is 0.0363. The van der Waals surface area contributed by atoms with Crippen LogP contribution in [0.5, 0.6) is 0 Å². The molecule has 0 aliphatic carbocycles. The summed E-state index contributed by atoms with van der Waals surface area (Å²) in [6, 6.07) is 5.54. The van der Waals surface area contributed by atoms with Crippen molar-refractivity contribution < 1.29 is 31.7 Å². The zero-order chi connectivity index (χ0) is 20.0. The maximum absolute atomic E-state index is 13.4. The van der Waals surface area contributed by atoms with Gasteiger partial charge in [0, 0.05) is 6.54 Å². The van der Waals surface area contributed by atoms with E-state index in [2.05, 4.69) is 15.2 Å². The number of ether oxygens (including phenoxy) is 1. The van der Waals surface area contributed by atoms with Crippen LogP contribution in [-0.2, 0) is 24.3 Å². The summed E-state index contributed by atoms with van der Waals surface area (Å²) in [4.78, 5) is 23.2. The number of aromatic nitrogens is 1. The number of carbonyl (C=O) groups excluding carboxylic acids is 2. The van der Waals surface area contributed by atoms with Crippen LogP contribution in [-0.4, -0.2) is 38.6 Å². The van der Waals surface area contributed by atoms with E-state index in [9.17, 15) is 22.4 Å². The van der Waals surface area contributed by atoms with Crippen LogP contribution < -0.4 is 10.0 Å². The molecule has 0 radical (unpaired) electrons. The van der Waals surface area contributed by atoms with Crippen molar-refractivity contribution in [1.29, 1.82) is 0 Å². The lowest BCUT2D eigenvalue weighted by Crippen LogP contribution is -2.28. The third kappa shape index (κ3) is 5.59. The van der Waals surface area contributed by atoms with Crippen molar-refractivity contribution in [3.8, 4) is 0 Å². The van der Waals surface area contributed by atoms with E-state index in [4.69, 9.17) is 9.26 Å². The predicted octanol–water partition coefficient (Wildman–Crippen LogP) is 1.28. The topological polar surface area (TPSA) is 128 Å². The van der Waals surface area contributed by atoms with Gasteiger partial charge in [-0.15, -0.1) is 0 Å². The molecule has 1 amide bonds. The number of benzene rings is 1. The molecule has 2 rings (SSSR count). The molecule has 1 aromatic carbocycles. The first-order valence-electron chi connectivity index (χ1n) is 7.83. The molecule has 0 spiro atoms. The number of aryl methyl sites for hydroxylation is 2. The fourth-order valence-corrected chi connectivity index (χ4v) is 3.54. The molecule has 2 N–H and O–H groups in total. The average molecular weight is 399 g/mol. The molecule has 0 saturated heterocycles. The second kappa shape index (κ2) is 8.73. The quantitative estimate of drug-likeness (QED) is 0.640. The van der Waals surface area contributed by atoms with Crippen LogP contribution in [0.4, 0.5) is 10.1 Å². The number of amides is 1. The van der Waals surface area contributed by atoms with Crippen LogP contribution in [0.25, 0.3) is 0 Å². The largest absolute Gasteiger partial charge is 0.456 e. The molecule has 0 aliphatic heterocycles. The summed E-state index contributed by atoms with van der Waals surface area (Å²) in [6.45, 7) is 2.08. The first kappa shape index (κ1) is 20.5. The van der Waals surface area contributed by atoms with Gasteiger partial charge in [0.25, 0.3) is 5.91 Å². The summed E-state index contributed by atoms with van der Waals surface area (Å²) in [5.41, 5.74) is 0.165. The number of anilines is 1. The molecule has 11 heteroatoms. The van der Waals surface area contributed by atoms with Gasteiger partial charge in [-0.25, -0.2) is 17.5 Å². The standard InChI is InChI=1S/C16H18FN3O6S/c1-10-16(11(2)26-20-10)27(23,24)18-8-7-15(22)25-9-14(21)19-13-6-4-3-5-12(13)17/h3-6,18H,7-9H2,1-2H3,(H,19,21). The van der Waals surface area contributed by atoms with Crippen LogP contribution in [0.2, 0.25) is 0 Å². The highest BCUT2D eigenvalue weighted by Crippen LogP contribution is 2.18. The van der Waals surface area contributed by atoms with E-state index in [-0.39, 0.29) is 35.0 Å². The number of hydrogen-bond acceptors (Lipinski definition) is 7. The molecule has 0 aliphatic rings. The van der Waals surface area contributed by atoms with E-state index in [1.165, 1.54) is 38.1 Å². The molecule has 0 saturated carbocycles. The Labute approximate surface area is 154 Å². The molecule has 27 heavy (non-hydrogen) atoms. The van der Waals surface area contributed by atoms with Gasteiger partial charge in [0.2, 0.25) is 10.0 Å². The van der Waals surface area contributed by atoms with E-state index in [1.807, 2.05) is 0 Å². The minimum Gasteiger partial charge on any atom is -0.456 e. The van der Waals surface area contributed by atoms with Gasteiger partial charge in [-0.2, -0.15) is 0 Å². The number of esters is 1. The Morgan fingerprint density at radius 1 is 1.26 bits per heavy atom. The van der Waals surface area contributed by atoms with Crippen molar-refractivity contribution in [3.05, 3.63) is 41.5 Å². The Balaban J connectivity index is 1.76. The molecule has 9 nitrogen and oxygen atoms in total. The highest BCUT2D eigenvalue weighted by molar-refractivity contribution is 7.89. The van der Waals surface area contributed by atoms with Crippen molar-refractivity contribution >= 4 is 27.6 Å². The van der Waals surface area contributed by atoms with Crippen LogP contribution in [0.15, 0.2) is 33.7 Å². The van der Waals surface area contributed by atoms with Crippen molar-refractivity contribution in [2.45, 2.75) is 25.2 Å². The number of rotatable bonds is 8. The Morgan fingerprint density at radius 2 is 1.96 bits per heavy atom. The second-order valence-electron chi connectivity index (χ2n) is 5.49. The number of halogens is 1. The molecule has 146 valence electrons. The van der Waals surface area contributed by atoms with Gasteiger partial charge in [0.1, 0.15) is 16.4 Å². The summed E-state index contributed by atoms with van der Waals surface area (Å²) in [5.74, 6) is -2.00. The van der Waals surface area contributed by atoms with Gasteiger partial charge in [-0.3, -0.25) is 9.59 Å². The highest BCUT2D eigenvalue weighted by atomic mass is 32.2. The number of carbonyl (C=O) groups is 2. The Hall–Kier alpha value is -2.79. The summed E-state index contributed by atoms with van der Waals surface area (Å²) >= 11 is 0. The highest BCUT2D eigenvalue weighted by Gasteiger charge is 2.24. The van der Waals surface area contributed by atoms with Crippen molar-refractivity contribution in [3.63, 3.8) is 0 Å². The molecule has 0 unspecified atom stereocenters. The minimum atomic E-state index is -3.89. The smallest absolute Gasteiger partial charge is 0.307 e. The number of hydrogen-bond donors (Lipinski definition) is 2. The van der Waals surface area contributed by atoms with E-state index in [0.29, 0.717) is 0 Å². The van der Waals surface area contributed by atoms with Gasteiger partial charge in [-0.1, -0.05) is 17.3 Å². The number of nitrogens with one attached hydrogen (secondary N) is 2. The Bertz CT molecular complexity index is 922. The fraction of sp³-hybridized carbons (Fsp3) is 0.312. The molecular weight excluding hydrogens is 381 g/mol. The Kier molecular flexibility index (Phi) is 6.64. The molecule has 2 aromatic rings. The summed E-state index contributed by atoms with van der Waals surface area (Å²) < 4.78 is 49.5. The normalized spacial score (nSPS) is 11.2. The van der Waals surface area contributed by atoms with Gasteiger partial charge in [0.15, 0.2) is 12.4 Å². The fourth-order valence-electron chi connectivity index (χ4n) is 2.18. The van der Waals surface area contributed by atoms with E-state index < -0.39 is 34.3 Å². The zero-order valence-corrected chi connectivity index (χ0v) is 15.4. The van der Waals surface area contributed by atoms with Gasteiger partial charge in [-0.05, 0) is 26.0 Å². The van der Waals surface area contributed by atoms with Crippen LogP contribution in [0, 0.1) is 19.7 Å². The number of nitrogens with zero attached hydrogens (tertiary/aromatic N) is 1. The maximum atomic E-state index is 13.4. The number of sulfonamides is 1. The predicted molar refractivity (Wildman–Crippen MR) is 91.8 cm³/mol. The summed E-state index contributed by atoms with van der Waals surface area (Å²) in [6.07, 6.45) is -0.296. The lowest BCUT2D eigenvalue weighted by molar-refractivity contribution is -0.147. The van der Waals surface area contributed by atoms with Gasteiger partial charge >= 0.3 is 5.97 Å². The van der Waals surface area contributed by atoms with E-state index in [0.717, 1.165) is 0 Å². The molecule has 1 aromatic heterocycles. The first-order chi connectivity index (χ1) is 12.7. The summed E-state index contributed by atoms with van der Waals surface area (Å²) in [7, 11) is -3.89. The van der Waals surface area contributed by atoms with E-state index in [1.54, 1.807) is 0 Å². The molecule has 0 bridgehead atoms. The third-order valence-electron chi connectivity index (χ3n) is 3.37. The van der Waals surface area contributed by atoms with Gasteiger partial charge in [0.05, 0.1) is 12.1 Å². The average Bonchev–Trinajstić information content (AvgIpc) is 2.94. The molecule has 0 fully saturated rings. The maximum Gasteiger partial charge on any atom is 0.307 e. The lowest BCUT2D eigenvalue weighted by atomic mass is 10.3. The first-order valence-corrected chi connectivity index (χ1v) is 9.31. The van der Waals surface area contributed by atoms with Crippen molar-refractivity contribution in [2.24, 2.45) is 0 Å². The van der Waals surface area contributed by atoms with E-state index >= 15 is 0 Å². The third-order valence-corrected chi connectivity index (χ3v) is 5.07. The SMILES string of the molecule is Cc1noc(C)c1S(=O)(=O)NCCC(=O)OCC(=O)Nc1ccccc1F. The molecular formula is C16H18FN3O6S. The van der Waals surface area contributed by atoms with Crippen LogP contribution >= 0.6 is 0 Å². The second-order valence-corrected chi connectivity index (χ2v) is 7.19.